The van der Waals surface area contributed by atoms with Crippen molar-refractivity contribution in [2.45, 2.75) is 25.2 Å². The van der Waals surface area contributed by atoms with Crippen LogP contribution >= 0.6 is 0 Å². The van der Waals surface area contributed by atoms with Gasteiger partial charge in [-0.3, -0.25) is 9.89 Å². The van der Waals surface area contributed by atoms with Crippen LogP contribution in [0.25, 0.3) is 0 Å². The topological polar surface area (TPSA) is 105 Å². The van der Waals surface area contributed by atoms with Crippen LogP contribution in [0, 0.1) is 0 Å². The number of carbonyl (C=O) groups excluding carboxylic acids is 1. The van der Waals surface area contributed by atoms with Crippen LogP contribution in [0.15, 0.2) is 29.2 Å². The Morgan fingerprint density at radius 2 is 2.00 bits per heavy atom. The van der Waals surface area contributed by atoms with E-state index in [9.17, 15) is 13.2 Å². The van der Waals surface area contributed by atoms with Gasteiger partial charge in [-0.05, 0) is 12.1 Å². The number of anilines is 1. The average molecular weight is 308 g/mol. The van der Waals surface area contributed by atoms with Crippen LogP contribution in [0.1, 0.15) is 30.3 Å². The number of hydrogen-bond donors (Lipinski definition) is 2. The Morgan fingerprint density at radius 1 is 1.29 bits per heavy atom. The van der Waals surface area contributed by atoms with Crippen molar-refractivity contribution in [3.05, 3.63) is 35.9 Å². The number of H-pyrrole nitrogens is 1. The molecular weight excluding hydrogens is 292 g/mol. The van der Waals surface area contributed by atoms with E-state index in [-0.39, 0.29) is 22.2 Å². The molecule has 2 N–H and O–H groups in total. The van der Waals surface area contributed by atoms with Gasteiger partial charge in [-0.25, -0.2) is 13.4 Å². The second-order valence-corrected chi connectivity index (χ2v) is 6.56. The summed E-state index contributed by atoms with van der Waals surface area (Å²) >= 11 is 0. The minimum absolute atomic E-state index is 0.0180. The Morgan fingerprint density at radius 3 is 2.62 bits per heavy atom. The third kappa shape index (κ3) is 3.27. The van der Waals surface area contributed by atoms with Gasteiger partial charge < -0.3 is 5.32 Å². The summed E-state index contributed by atoms with van der Waals surface area (Å²) in [4.78, 5) is 16.2. The highest BCUT2D eigenvalue weighted by Crippen LogP contribution is 2.22. The van der Waals surface area contributed by atoms with Gasteiger partial charge in [-0.1, -0.05) is 26.0 Å². The minimum atomic E-state index is -3.42. The highest BCUT2D eigenvalue weighted by molar-refractivity contribution is 7.91. The van der Waals surface area contributed by atoms with Crippen LogP contribution in [-0.2, 0) is 16.3 Å². The van der Waals surface area contributed by atoms with Gasteiger partial charge in [0.2, 0.25) is 5.82 Å². The highest BCUT2D eigenvalue weighted by Gasteiger charge is 2.19. The number of para-hydroxylation sites is 1. The van der Waals surface area contributed by atoms with Gasteiger partial charge in [-0.2, -0.15) is 0 Å². The van der Waals surface area contributed by atoms with Gasteiger partial charge in [0.25, 0.3) is 5.91 Å². The zero-order valence-corrected chi connectivity index (χ0v) is 12.6. The molecule has 1 aromatic carbocycles. The number of aryl methyl sites for hydroxylation is 1. The van der Waals surface area contributed by atoms with E-state index in [1.165, 1.54) is 12.1 Å². The van der Waals surface area contributed by atoms with E-state index in [2.05, 4.69) is 20.5 Å². The van der Waals surface area contributed by atoms with Crippen LogP contribution in [0.3, 0.4) is 0 Å². The second kappa shape index (κ2) is 6.04. The van der Waals surface area contributed by atoms with Crippen molar-refractivity contribution in [2.24, 2.45) is 0 Å². The van der Waals surface area contributed by atoms with Gasteiger partial charge in [-0.15, -0.1) is 5.10 Å². The predicted octanol–water partition coefficient (Wildman–Crippen LogP) is 1.41. The van der Waals surface area contributed by atoms with E-state index in [4.69, 9.17) is 0 Å². The molecule has 0 aliphatic heterocycles. The first-order valence-electron chi connectivity index (χ1n) is 6.52. The molecule has 0 fully saturated rings. The average Bonchev–Trinajstić information content (AvgIpc) is 2.96. The Balaban J connectivity index is 2.30. The van der Waals surface area contributed by atoms with Gasteiger partial charge in [0.05, 0.1) is 16.3 Å². The smallest absolute Gasteiger partial charge is 0.295 e. The van der Waals surface area contributed by atoms with Crippen molar-refractivity contribution >= 4 is 21.4 Å². The van der Waals surface area contributed by atoms with Crippen molar-refractivity contribution < 1.29 is 13.2 Å². The van der Waals surface area contributed by atoms with E-state index in [1.807, 2.05) is 6.92 Å². The van der Waals surface area contributed by atoms with Crippen LogP contribution in [0.5, 0.6) is 0 Å². The number of aromatic amines is 1. The Labute approximate surface area is 122 Å². The first kappa shape index (κ1) is 15.2. The van der Waals surface area contributed by atoms with E-state index >= 15 is 0 Å². The molecule has 7 nitrogen and oxygen atoms in total. The number of benzene rings is 1. The summed E-state index contributed by atoms with van der Waals surface area (Å²) in [7, 11) is -3.42. The summed E-state index contributed by atoms with van der Waals surface area (Å²) in [5.41, 5.74) is 0.229. The van der Waals surface area contributed by atoms with Crippen molar-refractivity contribution in [3.63, 3.8) is 0 Å². The molecule has 2 rings (SSSR count). The predicted molar refractivity (Wildman–Crippen MR) is 77.9 cm³/mol. The Hall–Kier alpha value is -2.22. The highest BCUT2D eigenvalue weighted by atomic mass is 32.2. The lowest BCUT2D eigenvalue weighted by molar-refractivity contribution is 0.101. The summed E-state index contributed by atoms with van der Waals surface area (Å²) in [5, 5.41) is 8.98. The summed E-state index contributed by atoms with van der Waals surface area (Å²) in [5.74, 6) is -0.0181. The summed E-state index contributed by atoms with van der Waals surface area (Å²) in [6.07, 6.45) is 0.626. The molecule has 0 unspecified atom stereocenters. The maximum Gasteiger partial charge on any atom is 0.295 e. The Bertz CT molecular complexity index is 752. The lowest BCUT2D eigenvalue weighted by Crippen LogP contribution is -2.17. The van der Waals surface area contributed by atoms with Gasteiger partial charge in [0.15, 0.2) is 9.84 Å². The standard InChI is InChI=1S/C13H16N4O3S/c1-3-11-15-12(17-16-11)13(18)14-9-7-5-6-8-10(9)21(19,20)4-2/h5-8H,3-4H2,1-2H3,(H,14,18)(H,15,16,17). The molecule has 8 heteroatoms. The number of sulfone groups is 1. The SMILES string of the molecule is CCc1nc(C(=O)Nc2ccccc2S(=O)(=O)CC)n[nH]1. The van der Waals surface area contributed by atoms with Crippen molar-refractivity contribution in [1.82, 2.24) is 15.2 Å². The largest absolute Gasteiger partial charge is 0.318 e. The third-order valence-corrected chi connectivity index (χ3v) is 4.71. The first-order chi connectivity index (χ1) is 9.97. The molecule has 0 radical (unpaired) electrons. The van der Waals surface area contributed by atoms with Crippen LogP contribution in [-0.4, -0.2) is 35.3 Å². The number of aromatic nitrogens is 3. The molecule has 1 amide bonds. The van der Waals surface area contributed by atoms with Crippen molar-refractivity contribution in [3.8, 4) is 0 Å². The molecule has 0 spiro atoms. The van der Waals surface area contributed by atoms with Gasteiger partial charge >= 0.3 is 0 Å². The normalized spacial score (nSPS) is 11.3. The monoisotopic (exact) mass is 308 g/mol. The molecule has 0 saturated heterocycles. The fourth-order valence-corrected chi connectivity index (χ4v) is 2.78. The summed E-state index contributed by atoms with van der Waals surface area (Å²) in [6, 6.07) is 6.26. The van der Waals surface area contributed by atoms with E-state index in [0.717, 1.165) is 0 Å². The lowest BCUT2D eigenvalue weighted by atomic mass is 10.3. The number of nitrogens with one attached hydrogen (secondary N) is 2. The quantitative estimate of drug-likeness (QED) is 0.869. The zero-order valence-electron chi connectivity index (χ0n) is 11.8. The maximum atomic E-state index is 12.1. The van der Waals surface area contributed by atoms with Gasteiger partial charge in [0.1, 0.15) is 5.82 Å². The molecule has 112 valence electrons. The molecule has 2 aromatic rings. The van der Waals surface area contributed by atoms with Crippen molar-refractivity contribution in [2.75, 3.05) is 11.1 Å². The molecule has 0 aliphatic rings. The fraction of sp³-hybridized carbons (Fsp3) is 0.308. The minimum Gasteiger partial charge on any atom is -0.318 e. The third-order valence-electron chi connectivity index (χ3n) is 2.92. The first-order valence-corrected chi connectivity index (χ1v) is 8.17. The van der Waals surface area contributed by atoms with Gasteiger partial charge in [0, 0.05) is 6.42 Å². The lowest BCUT2D eigenvalue weighted by Gasteiger charge is -2.09. The molecule has 0 saturated carbocycles. The molecule has 0 bridgehead atoms. The number of hydrogen-bond acceptors (Lipinski definition) is 5. The number of amides is 1. The fourth-order valence-electron chi connectivity index (χ4n) is 1.73. The number of rotatable bonds is 5. The van der Waals surface area contributed by atoms with E-state index < -0.39 is 15.7 Å². The number of carbonyl (C=O) groups is 1. The van der Waals surface area contributed by atoms with Crippen LogP contribution < -0.4 is 5.32 Å². The second-order valence-electron chi connectivity index (χ2n) is 4.31. The molecule has 21 heavy (non-hydrogen) atoms. The van der Waals surface area contributed by atoms with E-state index in [1.54, 1.807) is 19.1 Å². The van der Waals surface area contributed by atoms with Crippen LogP contribution in [0.2, 0.25) is 0 Å². The molecule has 0 aliphatic carbocycles. The van der Waals surface area contributed by atoms with Crippen LogP contribution in [0.4, 0.5) is 5.69 Å². The zero-order chi connectivity index (χ0) is 15.5. The van der Waals surface area contributed by atoms with E-state index in [0.29, 0.717) is 12.2 Å². The van der Waals surface area contributed by atoms with Crippen molar-refractivity contribution in [1.29, 1.82) is 0 Å². The summed E-state index contributed by atoms with van der Waals surface area (Å²) < 4.78 is 24.0. The summed E-state index contributed by atoms with van der Waals surface area (Å²) in [6.45, 7) is 3.43. The maximum absolute atomic E-state index is 12.1. The molecular formula is C13H16N4O3S. The molecule has 1 aromatic heterocycles. The Kier molecular flexibility index (Phi) is 4.37. The number of nitrogens with zero attached hydrogens (tertiary/aromatic N) is 2. The molecule has 1 heterocycles. The molecule has 0 atom stereocenters.